The molecule has 0 aliphatic heterocycles. The van der Waals surface area contributed by atoms with Crippen molar-refractivity contribution in [2.24, 2.45) is 11.8 Å². The Morgan fingerprint density at radius 3 is 0.968 bits per heavy atom. The summed E-state index contributed by atoms with van der Waals surface area (Å²) in [6, 6.07) is 48.0. The minimum atomic E-state index is -3.92. The third-order valence-electron chi connectivity index (χ3n) is 13.6. The van der Waals surface area contributed by atoms with Gasteiger partial charge < -0.3 is 48.4 Å². The Balaban J connectivity index is -0.000000587. The second kappa shape index (κ2) is 55.3. The van der Waals surface area contributed by atoms with Crippen LogP contribution in [-0.4, -0.2) is 63.3 Å². The van der Waals surface area contributed by atoms with Gasteiger partial charge in [-0.25, -0.2) is 16.8 Å². The van der Waals surface area contributed by atoms with Crippen LogP contribution in [0.2, 0.25) is 0 Å². The molecule has 0 saturated heterocycles. The first-order chi connectivity index (χ1) is 43.1. The van der Waals surface area contributed by atoms with Gasteiger partial charge in [0.15, 0.2) is 0 Å². The van der Waals surface area contributed by atoms with E-state index in [9.17, 15) is 29.8 Å². The number of nitrogens with one attached hydrogen (secondary N) is 2. The molecule has 0 fully saturated rings. The standard InChI is InChI=1S/2C22H23BN2O4S.2C10H16.2C2H6.2CH3.BF3.ClH.FH.2Ru/c2*1-17-12-14-20(15-13-17)30(27,28)25-22(19-10-6-3-7-11-19)21(24-16-29-23-26)18-8-4-2-5-9-18;2*1-8(2)10-6-4-9(3)5-7-10;2*1-2;;;2-1(3)4;;;;/h2*2-15,21-22,24,26H,16H2,1H3;2*4,6,8H,5,7H2,1-3H3;2*1-2H3;2*1H3;;2*1H;;/q2*-1;;;;;2*-1;;;;2*+4/p-2/t2*21-,22-;;;;;;;;;;;/m00.........../s1. The van der Waals surface area contributed by atoms with Crippen LogP contribution < -0.4 is 15.3 Å². The number of hydrogen-bond acceptors (Lipinski definition) is 10. The molecule has 2 aliphatic carbocycles. The molecule has 2 aliphatic rings. The Morgan fingerprint density at radius 2 is 0.745 bits per heavy atom. The quantitative estimate of drug-likeness (QED) is 0.0168. The van der Waals surface area contributed by atoms with Gasteiger partial charge in [-0.05, 0) is 101 Å². The number of halogens is 5. The van der Waals surface area contributed by atoms with Crippen LogP contribution in [0.4, 0.5) is 12.9 Å². The first kappa shape index (κ1) is 95.7. The molecule has 8 rings (SSSR count). The van der Waals surface area contributed by atoms with E-state index in [1.165, 1.54) is 36.8 Å². The monoisotopic (exact) mass is 1530 g/mol. The summed E-state index contributed by atoms with van der Waals surface area (Å²) in [5.74, 6) is 1.48. The Bertz CT molecular complexity index is 3000. The van der Waals surface area contributed by atoms with E-state index in [4.69, 9.17) is 19.4 Å². The summed E-state index contributed by atoms with van der Waals surface area (Å²) in [4.78, 5) is 0.279. The molecule has 12 nitrogen and oxygen atoms in total. The summed E-state index contributed by atoms with van der Waals surface area (Å²) in [6.45, 7) is 25.2. The predicted octanol–water partition coefficient (Wildman–Crippen LogP) is 15.4. The summed E-state index contributed by atoms with van der Waals surface area (Å²) < 4.78 is 100.0. The maximum Gasteiger partial charge on any atom is 4.00 e. The van der Waals surface area contributed by atoms with Gasteiger partial charge >= 0.3 is 69.4 Å². The Kier molecular flexibility index (Phi) is 56.3. The van der Waals surface area contributed by atoms with E-state index < -0.39 is 51.8 Å². The molecule has 0 heterocycles. The third kappa shape index (κ3) is 37.7. The molecule has 0 amide bonds. The molecule has 2 radical (unpaired) electrons. The van der Waals surface area contributed by atoms with Crippen molar-refractivity contribution in [2.45, 2.75) is 143 Å². The molecule has 0 spiro atoms. The maximum absolute atomic E-state index is 13.1. The first-order valence-corrected chi connectivity index (χ1v) is 34.9. The second-order valence-electron chi connectivity index (χ2n) is 20.6. The number of sulfonamides is 2. The van der Waals surface area contributed by atoms with Gasteiger partial charge in [0, 0.05) is 21.9 Å². The van der Waals surface area contributed by atoms with Crippen LogP contribution in [-0.2, 0) is 66.1 Å². The zero-order valence-electron chi connectivity index (χ0n) is 56.6. The average molecular weight is 1530 g/mol. The molecule has 4 N–H and O–H groups in total. The second-order valence-corrected chi connectivity index (χ2v) is 23.8. The Hall–Kier alpha value is -4.69. The van der Waals surface area contributed by atoms with Crippen molar-refractivity contribution in [2.75, 3.05) is 13.5 Å². The summed E-state index contributed by atoms with van der Waals surface area (Å²) in [7, 11) is -5.76. The number of aryl methyl sites for hydroxylation is 2. The molecule has 0 aromatic heterocycles. The van der Waals surface area contributed by atoms with Gasteiger partial charge in [0.2, 0.25) is 0 Å². The van der Waals surface area contributed by atoms with Crippen LogP contribution in [0.5, 0.6) is 0 Å². The van der Waals surface area contributed by atoms with Crippen LogP contribution in [0.25, 0.3) is 9.44 Å². The smallest absolute Gasteiger partial charge is 1.00 e. The Morgan fingerprint density at radius 1 is 0.489 bits per heavy atom. The van der Waals surface area contributed by atoms with Gasteiger partial charge in [-0.15, -0.1) is 0 Å². The van der Waals surface area contributed by atoms with Crippen molar-refractivity contribution in [3.8, 4) is 0 Å². The van der Waals surface area contributed by atoms with Gasteiger partial charge in [-0.3, -0.25) is 23.6 Å². The molecule has 4 atom stereocenters. The van der Waals surface area contributed by atoms with Crippen LogP contribution >= 0.6 is 9.69 Å². The normalized spacial score (nSPS) is 13.1. The van der Waals surface area contributed by atoms with E-state index >= 15 is 0 Å². The largest absolute Gasteiger partial charge is 4.00 e. The van der Waals surface area contributed by atoms with E-state index in [1.54, 1.807) is 59.7 Å². The molecule has 514 valence electrons. The molecule has 94 heavy (non-hydrogen) atoms. The van der Waals surface area contributed by atoms with Crippen molar-refractivity contribution >= 4 is 52.7 Å². The van der Waals surface area contributed by atoms with E-state index in [0.717, 1.165) is 45.2 Å². The van der Waals surface area contributed by atoms with Crippen molar-refractivity contribution < 1.29 is 90.6 Å². The van der Waals surface area contributed by atoms with Crippen LogP contribution in [0.1, 0.15) is 152 Å². The zero-order chi connectivity index (χ0) is 67.5. The van der Waals surface area contributed by atoms with Crippen LogP contribution in [0.3, 0.4) is 0 Å². The number of nitrogens with zero attached hydrogens (tertiary/aromatic N) is 2. The van der Waals surface area contributed by atoms with Crippen molar-refractivity contribution in [1.29, 1.82) is 0 Å². The Labute approximate surface area is 591 Å². The van der Waals surface area contributed by atoms with Gasteiger partial charge in [-0.1, -0.05) is 282 Å². The number of hydrogen-bond donors (Lipinski definition) is 4. The fourth-order valence-electron chi connectivity index (χ4n) is 8.74. The van der Waals surface area contributed by atoms with Gasteiger partial charge in [-0.2, -0.15) is 0 Å². The SMILES string of the molecule is CC.CC.CC1=CC=C(C(C)C)CC1.CC1=CC=C(C(C)C)CC1.Cc1ccc(S(=O)(=O)[N-][C@@H](c2ccccc2)[C@@H](NCO[B]O)c2ccccc2)cc1.Cc1ccc(S(=O)(=O)[N-][C@@H](c2ccccc2)[C@@H](NCO[B]O)c2ccccc2)cc1.FB(F)F.[CH3-].[CH3-].[Cl][Ru+3].[F-].[Ru+4]. The third-order valence-corrected chi connectivity index (χ3v) is 16.3. The summed E-state index contributed by atoms with van der Waals surface area (Å²) in [5.41, 5.74) is 11.3. The summed E-state index contributed by atoms with van der Waals surface area (Å²) in [6.07, 6.45) is 14.2. The zero-order valence-corrected chi connectivity index (χ0v) is 62.4. The number of benzene rings is 6. The van der Waals surface area contributed by atoms with Gasteiger partial charge in [0.05, 0.1) is 13.5 Å². The van der Waals surface area contributed by atoms with Crippen molar-refractivity contribution in [3.05, 3.63) is 274 Å². The van der Waals surface area contributed by atoms with Gasteiger partial charge in [0.25, 0.3) is 0 Å². The van der Waals surface area contributed by atoms with Gasteiger partial charge in [0.1, 0.15) is 20.0 Å². The minimum Gasteiger partial charge on any atom is -1.00 e. The van der Waals surface area contributed by atoms with Crippen LogP contribution in [0.15, 0.2) is 226 Å². The van der Waals surface area contributed by atoms with Crippen molar-refractivity contribution in [1.82, 2.24) is 10.6 Å². The molecule has 0 unspecified atom stereocenters. The molecule has 6 aromatic carbocycles. The molecule has 6 aromatic rings. The molecule has 24 heteroatoms. The van der Waals surface area contributed by atoms with E-state index in [1.807, 2.05) is 180 Å². The fraction of sp³-hybridized carbons (Fsp3) is 0.343. The number of allylic oxidation sites excluding steroid dienone is 8. The summed E-state index contributed by atoms with van der Waals surface area (Å²) >= 11 is 1.82. The van der Waals surface area contributed by atoms with E-state index in [2.05, 4.69) is 95.6 Å². The maximum atomic E-state index is 13.1. The molecule has 0 bridgehead atoms. The topological polar surface area (TPSA) is 179 Å². The number of rotatable bonds is 22. The first-order valence-electron chi connectivity index (χ1n) is 29.8. The summed E-state index contributed by atoms with van der Waals surface area (Å²) in [5, 5.41) is 24.0. The molecular formula is C70H96B3ClF4N4O8Ru2S2+2. The molecule has 0 saturated carbocycles. The van der Waals surface area contributed by atoms with Crippen molar-refractivity contribution in [3.63, 3.8) is 0 Å². The van der Waals surface area contributed by atoms with E-state index in [-0.39, 0.29) is 62.3 Å². The van der Waals surface area contributed by atoms with Crippen LogP contribution in [0, 0.1) is 40.5 Å². The van der Waals surface area contributed by atoms with E-state index in [0.29, 0.717) is 15.4 Å². The average Bonchev–Trinajstić information content (AvgIpc) is 0.838. The molecular weight excluding hydrogens is 1430 g/mol. The predicted molar refractivity (Wildman–Crippen MR) is 377 cm³/mol. The fourth-order valence-corrected chi connectivity index (χ4v) is 11.0. The minimum absolute atomic E-state index is 0.